The quantitative estimate of drug-likeness (QED) is 0.448. The molecule has 2 aromatic rings. The van der Waals surface area contributed by atoms with Gasteiger partial charge in [-0.3, -0.25) is 5.43 Å². The summed E-state index contributed by atoms with van der Waals surface area (Å²) in [7, 11) is 1.64. The van der Waals surface area contributed by atoms with Gasteiger partial charge in [0.15, 0.2) is 5.11 Å². The van der Waals surface area contributed by atoms with E-state index in [-0.39, 0.29) is 0 Å². The first-order valence-electron chi connectivity index (χ1n) is 8.25. The minimum Gasteiger partial charge on any atom is -0.497 e. The van der Waals surface area contributed by atoms with Gasteiger partial charge in [0.2, 0.25) is 0 Å². The van der Waals surface area contributed by atoms with Crippen LogP contribution in [0.3, 0.4) is 0 Å². The molecule has 0 aromatic heterocycles. The molecule has 25 heavy (non-hydrogen) atoms. The van der Waals surface area contributed by atoms with E-state index in [2.05, 4.69) is 46.7 Å². The Hall–Kier alpha value is -2.60. The Balaban J connectivity index is 1.86. The second-order valence-electron chi connectivity index (χ2n) is 5.32. The maximum Gasteiger partial charge on any atom is 0.191 e. The summed E-state index contributed by atoms with van der Waals surface area (Å²) >= 11 is 5.23. The molecule has 0 aliphatic carbocycles. The molecular weight excluding hydrogens is 332 g/mol. The third-order valence-electron chi connectivity index (χ3n) is 3.75. The molecule has 0 amide bonds. The van der Waals surface area contributed by atoms with E-state index in [1.165, 1.54) is 5.69 Å². The Labute approximate surface area is 154 Å². The summed E-state index contributed by atoms with van der Waals surface area (Å²) in [5, 5.41) is 7.66. The van der Waals surface area contributed by atoms with Gasteiger partial charge in [0.1, 0.15) is 5.75 Å². The predicted octanol–water partition coefficient (Wildman–Crippen LogP) is 3.86. The number of anilines is 2. The fraction of sp³-hybridized carbons (Fsp3) is 0.263. The van der Waals surface area contributed by atoms with Crippen LogP contribution in [0.1, 0.15) is 19.4 Å². The van der Waals surface area contributed by atoms with Crippen molar-refractivity contribution in [3.63, 3.8) is 0 Å². The van der Waals surface area contributed by atoms with Crippen LogP contribution in [0, 0.1) is 0 Å². The Kier molecular flexibility index (Phi) is 7.22. The molecule has 0 unspecified atom stereocenters. The SMILES string of the molecule is CCN(CC)c1ccc(C=NNC(=S)Nc2ccc(OC)cc2)cc1. The summed E-state index contributed by atoms with van der Waals surface area (Å²) < 4.78 is 5.12. The van der Waals surface area contributed by atoms with Crippen molar-refractivity contribution < 1.29 is 4.74 Å². The maximum absolute atomic E-state index is 5.23. The standard InChI is InChI=1S/C19H24N4OS/c1-4-23(5-2)17-10-6-15(7-11-17)14-20-22-19(25)21-16-8-12-18(24-3)13-9-16/h6-14H,4-5H2,1-3H3,(H2,21,22,25). The van der Waals surface area contributed by atoms with Crippen molar-refractivity contribution in [2.75, 3.05) is 30.4 Å². The monoisotopic (exact) mass is 356 g/mol. The Bertz CT molecular complexity index is 694. The van der Waals surface area contributed by atoms with Gasteiger partial charge in [-0.05, 0) is 68.0 Å². The highest BCUT2D eigenvalue weighted by molar-refractivity contribution is 7.80. The Morgan fingerprint density at radius 3 is 2.28 bits per heavy atom. The van der Waals surface area contributed by atoms with Crippen LogP contribution in [0.4, 0.5) is 11.4 Å². The molecule has 0 radical (unpaired) electrons. The molecule has 132 valence electrons. The van der Waals surface area contributed by atoms with Crippen LogP contribution in [0.25, 0.3) is 0 Å². The molecule has 0 fully saturated rings. The molecule has 0 aliphatic heterocycles. The smallest absolute Gasteiger partial charge is 0.191 e. The van der Waals surface area contributed by atoms with Crippen LogP contribution < -0.4 is 20.4 Å². The van der Waals surface area contributed by atoms with Gasteiger partial charge in [0.05, 0.1) is 13.3 Å². The molecule has 0 aliphatic rings. The molecule has 2 rings (SSSR count). The zero-order valence-corrected chi connectivity index (χ0v) is 15.6. The van der Waals surface area contributed by atoms with Crippen molar-refractivity contribution in [1.29, 1.82) is 0 Å². The van der Waals surface area contributed by atoms with E-state index < -0.39 is 0 Å². The van der Waals surface area contributed by atoms with Crippen LogP contribution in [0.2, 0.25) is 0 Å². The number of rotatable bonds is 7. The zero-order chi connectivity index (χ0) is 18.1. The number of methoxy groups -OCH3 is 1. The highest BCUT2D eigenvalue weighted by atomic mass is 32.1. The van der Waals surface area contributed by atoms with Crippen molar-refractivity contribution >= 4 is 34.9 Å². The lowest BCUT2D eigenvalue weighted by Crippen LogP contribution is -2.23. The molecule has 2 N–H and O–H groups in total. The van der Waals surface area contributed by atoms with Gasteiger partial charge in [-0.2, -0.15) is 5.10 Å². The summed E-state index contributed by atoms with van der Waals surface area (Å²) in [5.74, 6) is 0.801. The number of hydrogen-bond acceptors (Lipinski definition) is 4. The molecule has 0 saturated heterocycles. The Morgan fingerprint density at radius 2 is 1.72 bits per heavy atom. The van der Waals surface area contributed by atoms with Crippen molar-refractivity contribution in [3.05, 3.63) is 54.1 Å². The molecule has 0 atom stereocenters. The third kappa shape index (κ3) is 5.76. The molecule has 5 nitrogen and oxygen atoms in total. The van der Waals surface area contributed by atoms with Gasteiger partial charge in [-0.25, -0.2) is 0 Å². The largest absolute Gasteiger partial charge is 0.497 e. The van der Waals surface area contributed by atoms with Crippen molar-refractivity contribution in [2.24, 2.45) is 5.10 Å². The van der Waals surface area contributed by atoms with Crippen molar-refractivity contribution in [1.82, 2.24) is 5.43 Å². The van der Waals surface area contributed by atoms with E-state index in [0.717, 1.165) is 30.1 Å². The summed E-state index contributed by atoms with van der Waals surface area (Å²) in [6.45, 7) is 6.30. The topological polar surface area (TPSA) is 48.9 Å². The van der Waals surface area contributed by atoms with Gasteiger partial charge >= 0.3 is 0 Å². The van der Waals surface area contributed by atoms with E-state index in [1.807, 2.05) is 36.4 Å². The molecule has 0 spiro atoms. The number of ether oxygens (including phenoxy) is 1. The maximum atomic E-state index is 5.23. The molecule has 2 aromatic carbocycles. The van der Waals surface area contributed by atoms with Gasteiger partial charge in [-0.15, -0.1) is 0 Å². The van der Waals surface area contributed by atoms with Crippen LogP contribution in [0.5, 0.6) is 5.75 Å². The lowest BCUT2D eigenvalue weighted by molar-refractivity contribution is 0.415. The predicted molar refractivity (Wildman–Crippen MR) is 110 cm³/mol. The fourth-order valence-corrected chi connectivity index (χ4v) is 2.53. The highest BCUT2D eigenvalue weighted by Crippen LogP contribution is 2.15. The molecule has 0 saturated carbocycles. The second-order valence-corrected chi connectivity index (χ2v) is 5.72. The average Bonchev–Trinajstić information content (AvgIpc) is 2.64. The van der Waals surface area contributed by atoms with Crippen LogP contribution in [-0.4, -0.2) is 31.5 Å². The number of thiocarbonyl (C=S) groups is 1. The number of hydrogen-bond donors (Lipinski definition) is 2. The van der Waals surface area contributed by atoms with Crippen LogP contribution >= 0.6 is 12.2 Å². The number of nitrogens with zero attached hydrogens (tertiary/aromatic N) is 2. The minimum atomic E-state index is 0.432. The average molecular weight is 356 g/mol. The molecule has 0 bridgehead atoms. The normalized spacial score (nSPS) is 10.5. The first-order valence-corrected chi connectivity index (χ1v) is 8.66. The van der Waals surface area contributed by atoms with Crippen molar-refractivity contribution in [3.8, 4) is 5.75 Å². The van der Waals surface area contributed by atoms with E-state index in [1.54, 1.807) is 13.3 Å². The van der Waals surface area contributed by atoms with E-state index in [4.69, 9.17) is 17.0 Å². The summed E-state index contributed by atoms with van der Waals surface area (Å²) in [6, 6.07) is 15.8. The first kappa shape index (κ1) is 18.7. The zero-order valence-electron chi connectivity index (χ0n) is 14.8. The fourth-order valence-electron chi connectivity index (χ4n) is 2.36. The lowest BCUT2D eigenvalue weighted by atomic mass is 10.2. The lowest BCUT2D eigenvalue weighted by Gasteiger charge is -2.20. The number of benzene rings is 2. The van der Waals surface area contributed by atoms with E-state index in [0.29, 0.717) is 5.11 Å². The minimum absolute atomic E-state index is 0.432. The molecule has 6 heteroatoms. The number of hydrazone groups is 1. The third-order valence-corrected chi connectivity index (χ3v) is 3.94. The Morgan fingerprint density at radius 1 is 1.08 bits per heavy atom. The summed E-state index contributed by atoms with van der Waals surface area (Å²) in [6.07, 6.45) is 1.74. The molecule has 0 heterocycles. The highest BCUT2D eigenvalue weighted by Gasteiger charge is 2.00. The van der Waals surface area contributed by atoms with Gasteiger partial charge in [0.25, 0.3) is 0 Å². The second kappa shape index (κ2) is 9.64. The van der Waals surface area contributed by atoms with Gasteiger partial charge < -0.3 is 15.0 Å². The molecular formula is C19H24N4OS. The summed E-state index contributed by atoms with van der Waals surface area (Å²) in [5.41, 5.74) is 5.91. The van der Waals surface area contributed by atoms with E-state index >= 15 is 0 Å². The van der Waals surface area contributed by atoms with Gasteiger partial charge in [-0.1, -0.05) is 12.1 Å². The summed E-state index contributed by atoms with van der Waals surface area (Å²) in [4.78, 5) is 2.30. The number of nitrogens with one attached hydrogen (secondary N) is 2. The van der Waals surface area contributed by atoms with Crippen molar-refractivity contribution in [2.45, 2.75) is 13.8 Å². The first-order chi connectivity index (χ1) is 12.2. The van der Waals surface area contributed by atoms with Gasteiger partial charge in [0, 0.05) is 24.5 Å². The van der Waals surface area contributed by atoms with Crippen LogP contribution in [-0.2, 0) is 0 Å². The van der Waals surface area contributed by atoms with E-state index in [9.17, 15) is 0 Å². The van der Waals surface area contributed by atoms with Crippen LogP contribution in [0.15, 0.2) is 53.6 Å².